The van der Waals surface area contributed by atoms with Gasteiger partial charge in [-0.05, 0) is 12.0 Å². The van der Waals surface area contributed by atoms with E-state index in [9.17, 15) is 10.1 Å². The van der Waals surface area contributed by atoms with Gasteiger partial charge in [0.2, 0.25) is 0 Å². The third kappa shape index (κ3) is 3.68. The Morgan fingerprint density at radius 2 is 2.15 bits per heavy atom. The SMILES string of the molecule is CCCNc1c(CN2CCOCC2)cccc1[N+](=O)[O-]. The molecular weight excluding hydrogens is 258 g/mol. The maximum atomic E-state index is 11.2. The molecule has 0 amide bonds. The Hall–Kier alpha value is -1.66. The first-order valence-corrected chi connectivity index (χ1v) is 7.02. The molecule has 1 aliphatic rings. The van der Waals surface area contributed by atoms with Crippen molar-refractivity contribution in [2.24, 2.45) is 0 Å². The Morgan fingerprint density at radius 3 is 2.80 bits per heavy atom. The minimum absolute atomic E-state index is 0.157. The molecule has 110 valence electrons. The van der Waals surface area contributed by atoms with Crippen LogP contribution in [0.15, 0.2) is 18.2 Å². The minimum atomic E-state index is -0.319. The molecule has 0 aliphatic carbocycles. The fraction of sp³-hybridized carbons (Fsp3) is 0.571. The molecule has 1 aromatic rings. The van der Waals surface area contributed by atoms with Gasteiger partial charge in [0.25, 0.3) is 5.69 Å². The van der Waals surface area contributed by atoms with Crippen molar-refractivity contribution in [3.05, 3.63) is 33.9 Å². The van der Waals surface area contributed by atoms with Crippen LogP contribution in [-0.2, 0) is 11.3 Å². The third-order valence-corrected chi connectivity index (χ3v) is 3.37. The van der Waals surface area contributed by atoms with Crippen LogP contribution in [0, 0.1) is 10.1 Å². The molecule has 0 aromatic heterocycles. The minimum Gasteiger partial charge on any atom is -0.379 e. The van der Waals surface area contributed by atoms with Gasteiger partial charge in [-0.25, -0.2) is 0 Å². The highest BCUT2D eigenvalue weighted by atomic mass is 16.6. The van der Waals surface area contributed by atoms with Crippen molar-refractivity contribution >= 4 is 11.4 Å². The maximum Gasteiger partial charge on any atom is 0.292 e. The molecule has 1 fully saturated rings. The summed E-state index contributed by atoms with van der Waals surface area (Å²) >= 11 is 0. The summed E-state index contributed by atoms with van der Waals surface area (Å²) in [5, 5.41) is 14.4. The normalized spacial score (nSPS) is 16.1. The van der Waals surface area contributed by atoms with Crippen molar-refractivity contribution in [1.29, 1.82) is 0 Å². The van der Waals surface area contributed by atoms with Gasteiger partial charge < -0.3 is 10.1 Å². The van der Waals surface area contributed by atoms with E-state index in [-0.39, 0.29) is 10.6 Å². The highest BCUT2D eigenvalue weighted by Gasteiger charge is 2.19. The largest absolute Gasteiger partial charge is 0.379 e. The van der Waals surface area contributed by atoms with Gasteiger partial charge in [-0.3, -0.25) is 15.0 Å². The van der Waals surface area contributed by atoms with Gasteiger partial charge in [0, 0.05) is 32.2 Å². The number of nitro groups is 1. The van der Waals surface area contributed by atoms with Crippen molar-refractivity contribution in [3.8, 4) is 0 Å². The average molecular weight is 279 g/mol. The van der Waals surface area contributed by atoms with Crippen LogP contribution in [0.3, 0.4) is 0 Å². The lowest BCUT2D eigenvalue weighted by atomic mass is 10.1. The van der Waals surface area contributed by atoms with E-state index in [0.29, 0.717) is 5.69 Å². The van der Waals surface area contributed by atoms with Gasteiger partial charge in [0.05, 0.1) is 18.1 Å². The standard InChI is InChI=1S/C14H21N3O3/c1-2-6-15-14-12(4-3-5-13(14)17(18)19)11-16-7-9-20-10-8-16/h3-5,15H,2,6-11H2,1H3. The number of para-hydroxylation sites is 1. The zero-order valence-electron chi connectivity index (χ0n) is 11.8. The highest BCUT2D eigenvalue weighted by molar-refractivity contribution is 5.66. The third-order valence-electron chi connectivity index (χ3n) is 3.37. The fourth-order valence-corrected chi connectivity index (χ4v) is 2.32. The highest BCUT2D eigenvalue weighted by Crippen LogP contribution is 2.29. The predicted molar refractivity (Wildman–Crippen MR) is 78.0 cm³/mol. The molecule has 0 bridgehead atoms. The summed E-state index contributed by atoms with van der Waals surface area (Å²) in [6.45, 7) is 6.70. The summed E-state index contributed by atoms with van der Waals surface area (Å²) in [6.07, 6.45) is 0.934. The predicted octanol–water partition coefficient (Wildman–Crippen LogP) is 2.25. The first-order valence-electron chi connectivity index (χ1n) is 7.02. The molecule has 0 spiro atoms. The molecule has 0 radical (unpaired) electrons. The number of anilines is 1. The maximum absolute atomic E-state index is 11.2. The molecule has 1 heterocycles. The topological polar surface area (TPSA) is 67.6 Å². The molecule has 20 heavy (non-hydrogen) atoms. The van der Waals surface area contributed by atoms with Crippen LogP contribution >= 0.6 is 0 Å². The van der Waals surface area contributed by atoms with E-state index in [1.807, 2.05) is 13.0 Å². The fourth-order valence-electron chi connectivity index (χ4n) is 2.32. The lowest BCUT2D eigenvalue weighted by molar-refractivity contribution is -0.384. The van der Waals surface area contributed by atoms with E-state index in [1.165, 1.54) is 0 Å². The number of nitro benzene ring substituents is 1. The summed E-state index contributed by atoms with van der Waals surface area (Å²) in [7, 11) is 0. The number of nitrogens with zero attached hydrogens (tertiary/aromatic N) is 2. The lowest BCUT2D eigenvalue weighted by Gasteiger charge is -2.27. The molecule has 0 unspecified atom stereocenters. The monoisotopic (exact) mass is 279 g/mol. The first-order chi connectivity index (χ1) is 9.72. The summed E-state index contributed by atoms with van der Waals surface area (Å²) < 4.78 is 5.33. The summed E-state index contributed by atoms with van der Waals surface area (Å²) in [5.41, 5.74) is 1.80. The van der Waals surface area contributed by atoms with Crippen LogP contribution in [0.2, 0.25) is 0 Å². The first kappa shape index (κ1) is 14.7. The van der Waals surface area contributed by atoms with Crippen molar-refractivity contribution < 1.29 is 9.66 Å². The number of hydrogen-bond acceptors (Lipinski definition) is 5. The average Bonchev–Trinajstić information content (AvgIpc) is 2.46. The van der Waals surface area contributed by atoms with Crippen LogP contribution in [0.4, 0.5) is 11.4 Å². The van der Waals surface area contributed by atoms with Gasteiger partial charge >= 0.3 is 0 Å². The molecule has 2 rings (SSSR count). The Morgan fingerprint density at radius 1 is 1.40 bits per heavy atom. The van der Waals surface area contributed by atoms with Crippen LogP contribution < -0.4 is 5.32 Å². The Balaban J connectivity index is 2.20. The summed E-state index contributed by atoms with van der Waals surface area (Å²) in [5.74, 6) is 0. The van der Waals surface area contributed by atoms with E-state index >= 15 is 0 Å². The van der Waals surface area contributed by atoms with Crippen molar-refractivity contribution in [2.75, 3.05) is 38.2 Å². The van der Waals surface area contributed by atoms with Crippen LogP contribution in [0.25, 0.3) is 0 Å². The molecule has 0 saturated carbocycles. The van der Waals surface area contributed by atoms with Crippen LogP contribution in [-0.4, -0.2) is 42.7 Å². The number of ether oxygens (including phenoxy) is 1. The zero-order chi connectivity index (χ0) is 14.4. The number of rotatable bonds is 6. The van der Waals surface area contributed by atoms with E-state index in [1.54, 1.807) is 12.1 Å². The Labute approximate surface area is 118 Å². The van der Waals surface area contributed by atoms with Crippen molar-refractivity contribution in [2.45, 2.75) is 19.9 Å². The van der Waals surface area contributed by atoms with Crippen molar-refractivity contribution in [1.82, 2.24) is 4.90 Å². The molecule has 1 saturated heterocycles. The van der Waals surface area contributed by atoms with E-state index in [0.717, 1.165) is 51.4 Å². The number of morpholine rings is 1. The lowest BCUT2D eigenvalue weighted by Crippen LogP contribution is -2.35. The number of benzene rings is 1. The molecule has 1 aliphatic heterocycles. The molecular formula is C14H21N3O3. The quantitative estimate of drug-likeness (QED) is 0.639. The van der Waals surface area contributed by atoms with Crippen LogP contribution in [0.1, 0.15) is 18.9 Å². The summed E-state index contributed by atoms with van der Waals surface area (Å²) in [4.78, 5) is 13.1. The molecule has 1 N–H and O–H groups in total. The van der Waals surface area contributed by atoms with Crippen LogP contribution in [0.5, 0.6) is 0 Å². The Bertz CT molecular complexity index is 459. The van der Waals surface area contributed by atoms with E-state index in [2.05, 4.69) is 10.2 Å². The van der Waals surface area contributed by atoms with Gasteiger partial charge in [-0.1, -0.05) is 19.1 Å². The van der Waals surface area contributed by atoms with Gasteiger partial charge in [-0.2, -0.15) is 0 Å². The Kier molecular flexibility index (Phi) is 5.31. The van der Waals surface area contributed by atoms with Crippen molar-refractivity contribution in [3.63, 3.8) is 0 Å². The molecule has 6 heteroatoms. The van der Waals surface area contributed by atoms with Gasteiger partial charge in [0.1, 0.15) is 5.69 Å². The number of nitrogens with one attached hydrogen (secondary N) is 1. The molecule has 0 atom stereocenters. The second-order valence-corrected chi connectivity index (χ2v) is 4.88. The second kappa shape index (κ2) is 7.21. The number of hydrogen-bond donors (Lipinski definition) is 1. The van der Waals surface area contributed by atoms with Gasteiger partial charge in [-0.15, -0.1) is 0 Å². The zero-order valence-corrected chi connectivity index (χ0v) is 11.8. The molecule has 6 nitrogen and oxygen atoms in total. The summed E-state index contributed by atoms with van der Waals surface area (Å²) in [6, 6.07) is 5.27. The molecule has 1 aromatic carbocycles. The van der Waals surface area contributed by atoms with E-state index < -0.39 is 0 Å². The smallest absolute Gasteiger partial charge is 0.292 e. The van der Waals surface area contributed by atoms with Gasteiger partial charge in [0.15, 0.2) is 0 Å². The van der Waals surface area contributed by atoms with E-state index in [4.69, 9.17) is 4.74 Å². The second-order valence-electron chi connectivity index (χ2n) is 4.88.